The summed E-state index contributed by atoms with van der Waals surface area (Å²) in [6.07, 6.45) is 0. The van der Waals surface area contributed by atoms with E-state index in [9.17, 15) is 0 Å². The zero-order valence-electron chi connectivity index (χ0n) is 30.2. The fourth-order valence-electron chi connectivity index (χ4n) is 7.99. The van der Waals surface area contributed by atoms with Gasteiger partial charge in [-0.15, -0.1) is 0 Å². The SMILES string of the molecule is c1ccc(-c2ccc3c(c2)c2ccccc2n3-c2ccc(-c3ccc4oc5cccc(-c6nc(-c7ccccc7)nc(-c7ccccc7)n6)c5c4c3)cc2)cc1. The molecule has 262 valence electrons. The quantitative estimate of drug-likeness (QED) is 0.172. The molecular weight excluding hydrogens is 685 g/mol. The molecule has 5 heteroatoms. The van der Waals surface area contributed by atoms with Crippen molar-refractivity contribution in [3.05, 3.63) is 194 Å². The summed E-state index contributed by atoms with van der Waals surface area (Å²) in [6.45, 7) is 0. The van der Waals surface area contributed by atoms with Crippen LogP contribution in [0.1, 0.15) is 0 Å². The van der Waals surface area contributed by atoms with Crippen molar-refractivity contribution in [2.75, 3.05) is 0 Å². The van der Waals surface area contributed by atoms with Crippen LogP contribution >= 0.6 is 0 Å². The molecule has 0 radical (unpaired) electrons. The second kappa shape index (κ2) is 13.0. The first-order chi connectivity index (χ1) is 27.7. The number of furan rings is 1. The Morgan fingerprint density at radius 3 is 1.57 bits per heavy atom. The molecule has 0 saturated carbocycles. The number of rotatable bonds is 6. The van der Waals surface area contributed by atoms with Gasteiger partial charge in [0.05, 0.1) is 11.0 Å². The molecule has 0 bridgehead atoms. The monoisotopic (exact) mass is 716 g/mol. The summed E-state index contributed by atoms with van der Waals surface area (Å²) in [5, 5.41) is 4.47. The number of para-hydroxylation sites is 1. The molecule has 3 aromatic heterocycles. The van der Waals surface area contributed by atoms with E-state index in [2.05, 4.69) is 126 Å². The van der Waals surface area contributed by atoms with Crippen LogP contribution in [-0.4, -0.2) is 19.5 Å². The molecule has 11 rings (SSSR count). The molecule has 0 atom stereocenters. The van der Waals surface area contributed by atoms with Gasteiger partial charge in [-0.2, -0.15) is 0 Å². The van der Waals surface area contributed by atoms with Gasteiger partial charge in [0.2, 0.25) is 0 Å². The molecule has 3 heterocycles. The lowest BCUT2D eigenvalue weighted by Crippen LogP contribution is -2.00. The second-order valence-electron chi connectivity index (χ2n) is 14.0. The van der Waals surface area contributed by atoms with Crippen LogP contribution in [0.3, 0.4) is 0 Å². The number of nitrogens with zero attached hydrogens (tertiary/aromatic N) is 4. The van der Waals surface area contributed by atoms with Gasteiger partial charge in [0.15, 0.2) is 17.5 Å². The average molecular weight is 717 g/mol. The third kappa shape index (κ3) is 5.37. The highest BCUT2D eigenvalue weighted by molar-refractivity contribution is 6.13. The van der Waals surface area contributed by atoms with Gasteiger partial charge in [0.1, 0.15) is 11.2 Å². The second-order valence-corrected chi connectivity index (χ2v) is 14.0. The van der Waals surface area contributed by atoms with Gasteiger partial charge in [-0.3, -0.25) is 0 Å². The zero-order chi connectivity index (χ0) is 37.0. The zero-order valence-corrected chi connectivity index (χ0v) is 30.2. The van der Waals surface area contributed by atoms with Crippen molar-refractivity contribution in [3.63, 3.8) is 0 Å². The molecule has 11 aromatic rings. The Labute approximate surface area is 322 Å². The number of benzene rings is 8. The van der Waals surface area contributed by atoms with E-state index in [0.29, 0.717) is 17.5 Å². The summed E-state index contributed by atoms with van der Waals surface area (Å²) in [5.74, 6) is 1.85. The van der Waals surface area contributed by atoms with Crippen LogP contribution in [0.25, 0.3) is 106 Å². The summed E-state index contributed by atoms with van der Waals surface area (Å²) >= 11 is 0. The Hall–Kier alpha value is -7.63. The standard InChI is InChI=1S/C51H32N4O/c1-4-13-33(14-5-1)37-25-29-45-42(31-37)40-19-10-11-21-44(40)55(45)39-27-23-34(24-28-39)38-26-30-46-43(32-38)48-41(20-12-22-47(48)56-46)51-53-49(35-15-6-2-7-16-35)52-50(54-51)36-17-8-3-9-18-36/h1-32H. The van der Waals surface area contributed by atoms with Crippen LogP contribution in [0, 0.1) is 0 Å². The first kappa shape index (κ1) is 31.9. The minimum atomic E-state index is 0.600. The van der Waals surface area contributed by atoms with Gasteiger partial charge < -0.3 is 8.98 Å². The van der Waals surface area contributed by atoms with Crippen molar-refractivity contribution in [2.24, 2.45) is 0 Å². The van der Waals surface area contributed by atoms with Gasteiger partial charge in [-0.1, -0.05) is 146 Å². The molecule has 0 amide bonds. The predicted molar refractivity (Wildman–Crippen MR) is 229 cm³/mol. The van der Waals surface area contributed by atoms with E-state index in [1.807, 2.05) is 72.8 Å². The molecule has 5 nitrogen and oxygen atoms in total. The molecule has 0 aliphatic rings. The number of fused-ring (bicyclic) bond motifs is 6. The van der Waals surface area contributed by atoms with Crippen molar-refractivity contribution in [1.82, 2.24) is 19.5 Å². The third-order valence-corrected chi connectivity index (χ3v) is 10.7. The van der Waals surface area contributed by atoms with Crippen molar-refractivity contribution < 1.29 is 4.42 Å². The Kier molecular flexibility index (Phi) is 7.42. The first-order valence-corrected chi connectivity index (χ1v) is 18.8. The van der Waals surface area contributed by atoms with Gasteiger partial charge in [-0.25, -0.2) is 15.0 Å². The summed E-state index contributed by atoms with van der Waals surface area (Å²) in [7, 11) is 0. The predicted octanol–water partition coefficient (Wildman–Crippen LogP) is 13.2. The van der Waals surface area contributed by atoms with Gasteiger partial charge in [0.25, 0.3) is 0 Å². The Morgan fingerprint density at radius 2 is 0.875 bits per heavy atom. The summed E-state index contributed by atoms with van der Waals surface area (Å²) in [4.78, 5) is 15.0. The molecule has 0 unspecified atom stereocenters. The molecular formula is C51H32N4O. The number of aromatic nitrogens is 4. The summed E-state index contributed by atoms with van der Waals surface area (Å²) < 4.78 is 8.81. The fraction of sp³-hybridized carbons (Fsp3) is 0. The van der Waals surface area contributed by atoms with Crippen molar-refractivity contribution in [1.29, 1.82) is 0 Å². The van der Waals surface area contributed by atoms with E-state index < -0.39 is 0 Å². The fourth-order valence-corrected chi connectivity index (χ4v) is 7.99. The largest absolute Gasteiger partial charge is 0.456 e. The van der Waals surface area contributed by atoms with Crippen LogP contribution in [0.15, 0.2) is 199 Å². The topological polar surface area (TPSA) is 56.7 Å². The van der Waals surface area contributed by atoms with Gasteiger partial charge >= 0.3 is 0 Å². The summed E-state index contributed by atoms with van der Waals surface area (Å²) in [5.41, 5.74) is 12.5. The highest BCUT2D eigenvalue weighted by atomic mass is 16.3. The van der Waals surface area contributed by atoms with Crippen molar-refractivity contribution >= 4 is 43.7 Å². The molecule has 8 aromatic carbocycles. The first-order valence-electron chi connectivity index (χ1n) is 18.8. The highest BCUT2D eigenvalue weighted by Crippen LogP contribution is 2.39. The maximum atomic E-state index is 6.45. The van der Waals surface area contributed by atoms with E-state index in [1.54, 1.807) is 0 Å². The van der Waals surface area contributed by atoms with E-state index in [4.69, 9.17) is 19.4 Å². The van der Waals surface area contributed by atoms with Crippen LogP contribution in [0.4, 0.5) is 0 Å². The minimum absolute atomic E-state index is 0.600. The Morgan fingerprint density at radius 1 is 0.339 bits per heavy atom. The lowest BCUT2D eigenvalue weighted by molar-refractivity contribution is 0.669. The van der Waals surface area contributed by atoms with E-state index >= 15 is 0 Å². The molecule has 0 aliphatic carbocycles. The number of hydrogen-bond donors (Lipinski definition) is 0. The van der Waals surface area contributed by atoms with Crippen LogP contribution in [0.5, 0.6) is 0 Å². The van der Waals surface area contributed by atoms with Crippen molar-refractivity contribution in [2.45, 2.75) is 0 Å². The molecule has 0 spiro atoms. The van der Waals surface area contributed by atoms with Crippen LogP contribution in [-0.2, 0) is 0 Å². The van der Waals surface area contributed by atoms with Crippen molar-refractivity contribution in [3.8, 4) is 62.1 Å². The molecule has 0 fully saturated rings. The third-order valence-electron chi connectivity index (χ3n) is 10.7. The molecule has 0 saturated heterocycles. The molecule has 0 N–H and O–H groups in total. The van der Waals surface area contributed by atoms with Crippen LogP contribution in [0.2, 0.25) is 0 Å². The average Bonchev–Trinajstić information content (AvgIpc) is 3.82. The van der Waals surface area contributed by atoms with Gasteiger partial charge in [-0.05, 0) is 70.8 Å². The maximum Gasteiger partial charge on any atom is 0.164 e. The summed E-state index contributed by atoms with van der Waals surface area (Å²) in [6, 6.07) is 67.5. The minimum Gasteiger partial charge on any atom is -0.456 e. The lowest BCUT2D eigenvalue weighted by atomic mass is 10.00. The Bertz CT molecular complexity index is 3160. The van der Waals surface area contributed by atoms with E-state index in [0.717, 1.165) is 55.4 Å². The lowest BCUT2D eigenvalue weighted by Gasteiger charge is -2.10. The molecule has 56 heavy (non-hydrogen) atoms. The molecule has 0 aliphatic heterocycles. The van der Waals surface area contributed by atoms with Gasteiger partial charge in [0, 0.05) is 43.9 Å². The van der Waals surface area contributed by atoms with E-state index in [1.165, 1.54) is 32.9 Å². The maximum absolute atomic E-state index is 6.45. The van der Waals surface area contributed by atoms with E-state index in [-0.39, 0.29) is 0 Å². The highest BCUT2D eigenvalue weighted by Gasteiger charge is 2.19. The Balaban J connectivity index is 1.02. The number of hydrogen-bond acceptors (Lipinski definition) is 4. The normalized spacial score (nSPS) is 11.6. The smallest absolute Gasteiger partial charge is 0.164 e. The van der Waals surface area contributed by atoms with Crippen LogP contribution < -0.4 is 0 Å².